The van der Waals surface area contributed by atoms with Crippen LogP contribution in [-0.4, -0.2) is 38.4 Å². The molecule has 228 valence electrons. The molecule has 1 spiro atoms. The zero-order chi connectivity index (χ0) is 30.5. The molecule has 11 heteroatoms. The van der Waals surface area contributed by atoms with Gasteiger partial charge in [-0.1, -0.05) is 24.3 Å². The molecule has 3 aromatic carbocycles. The number of benzene rings is 3. The second-order valence-electron chi connectivity index (χ2n) is 11.8. The lowest BCUT2D eigenvalue weighted by molar-refractivity contribution is -0.130. The summed E-state index contributed by atoms with van der Waals surface area (Å²) in [7, 11) is -4.19. The van der Waals surface area contributed by atoms with E-state index in [1.54, 1.807) is 29.2 Å². The third-order valence-corrected chi connectivity index (χ3v) is 11.0. The highest BCUT2D eigenvalue weighted by Gasteiger charge is 2.60. The maximum absolute atomic E-state index is 15.8. The first-order valence-corrected chi connectivity index (χ1v) is 15.9. The summed E-state index contributed by atoms with van der Waals surface area (Å²) in [5, 5.41) is 3.08. The van der Waals surface area contributed by atoms with E-state index in [4.69, 9.17) is 0 Å². The normalized spacial score (nSPS) is 19.7. The minimum absolute atomic E-state index is 0.0468. The predicted molar refractivity (Wildman–Crippen MR) is 154 cm³/mol. The molecule has 1 atom stereocenters. The number of anilines is 1. The fraction of sp³-hybridized carbons (Fsp3) is 0.406. The van der Waals surface area contributed by atoms with Gasteiger partial charge in [-0.2, -0.15) is 0 Å². The zero-order valence-corrected chi connectivity index (χ0v) is 24.5. The van der Waals surface area contributed by atoms with Crippen LogP contribution in [0.1, 0.15) is 61.3 Å². The Kier molecular flexibility index (Phi) is 7.75. The summed E-state index contributed by atoms with van der Waals surface area (Å²) in [4.78, 5) is 13.9. The number of amides is 1. The zero-order valence-electron chi connectivity index (χ0n) is 23.7. The minimum Gasteiger partial charge on any atom is -0.343 e. The molecule has 1 N–H and O–H groups in total. The van der Waals surface area contributed by atoms with Crippen molar-refractivity contribution in [3.63, 3.8) is 0 Å². The summed E-state index contributed by atoms with van der Waals surface area (Å²) in [5.41, 5.74) is 0.954. The van der Waals surface area contributed by atoms with Gasteiger partial charge in [-0.05, 0) is 79.1 Å². The molecule has 0 radical (unpaired) electrons. The molecule has 43 heavy (non-hydrogen) atoms. The minimum atomic E-state index is -4.19. The molecule has 2 heterocycles. The Labute approximate surface area is 248 Å². The van der Waals surface area contributed by atoms with Gasteiger partial charge in [-0.15, -0.1) is 0 Å². The number of likely N-dealkylation sites (tertiary alicyclic amines) is 1. The highest BCUT2D eigenvalue weighted by molar-refractivity contribution is 7.92. The largest absolute Gasteiger partial charge is 0.343 e. The Morgan fingerprint density at radius 2 is 1.63 bits per heavy atom. The van der Waals surface area contributed by atoms with Crippen molar-refractivity contribution in [1.29, 1.82) is 0 Å². The Bertz CT molecular complexity index is 1640. The topological polar surface area (TPSA) is 69.7 Å². The number of carbonyl (C=O) groups is 1. The van der Waals surface area contributed by atoms with E-state index >= 15 is 4.39 Å². The summed E-state index contributed by atoms with van der Waals surface area (Å²) in [6.45, 7) is 2.54. The molecule has 1 saturated carbocycles. The molecule has 3 aromatic rings. The molecule has 2 aliphatic heterocycles. The summed E-state index contributed by atoms with van der Waals surface area (Å²) in [6, 6.07) is 13.3. The van der Waals surface area contributed by atoms with Crippen molar-refractivity contribution in [3.8, 4) is 0 Å². The maximum atomic E-state index is 15.8. The first kappa shape index (κ1) is 29.6. The summed E-state index contributed by atoms with van der Waals surface area (Å²) < 4.78 is 86.2. The summed E-state index contributed by atoms with van der Waals surface area (Å²) in [5.74, 6) is -1.17. The van der Waals surface area contributed by atoms with Gasteiger partial charge < -0.3 is 10.2 Å². The third-order valence-electron chi connectivity index (χ3n) is 9.22. The number of rotatable bonds is 8. The molecule has 1 aliphatic carbocycles. The van der Waals surface area contributed by atoms with Crippen molar-refractivity contribution in [3.05, 3.63) is 94.6 Å². The van der Waals surface area contributed by atoms with Crippen LogP contribution in [0.15, 0.2) is 65.6 Å². The Morgan fingerprint density at radius 3 is 2.26 bits per heavy atom. The van der Waals surface area contributed by atoms with Gasteiger partial charge in [0.15, 0.2) is 0 Å². The van der Waals surface area contributed by atoms with Gasteiger partial charge in [0.1, 0.15) is 11.6 Å². The summed E-state index contributed by atoms with van der Waals surface area (Å²) >= 11 is 0. The average Bonchev–Trinajstić information content (AvgIpc) is 3.78. The fourth-order valence-corrected chi connectivity index (χ4v) is 8.73. The standard InChI is InChI=1S/C32H33F4N3O3S/c1-20(40)38-14-12-32(13-15-38)27-16-23(19-37-18-22-4-2-3-5-26(22)31(35)36)28(34)17-29(27)39(30(32)21-6-7-21)43(41,42)25-10-8-24(33)9-11-25/h2-5,8-11,16-17,21,30-31,37H,6-7,12-15,18-19H2,1H3. The van der Waals surface area contributed by atoms with Crippen LogP contribution in [0.25, 0.3) is 0 Å². The number of hydrogen-bond acceptors (Lipinski definition) is 4. The van der Waals surface area contributed by atoms with E-state index in [0.29, 0.717) is 42.6 Å². The number of nitrogens with zero attached hydrogens (tertiary/aromatic N) is 2. The quantitative estimate of drug-likeness (QED) is 0.313. The van der Waals surface area contributed by atoms with E-state index in [2.05, 4.69) is 5.32 Å². The lowest BCUT2D eigenvalue weighted by Crippen LogP contribution is -2.54. The van der Waals surface area contributed by atoms with Crippen molar-refractivity contribution in [2.24, 2.45) is 5.92 Å². The van der Waals surface area contributed by atoms with Crippen LogP contribution in [0.4, 0.5) is 23.2 Å². The average molecular weight is 616 g/mol. The Balaban J connectivity index is 1.40. The molecular weight excluding hydrogens is 582 g/mol. The van der Waals surface area contributed by atoms with Crippen molar-refractivity contribution in [1.82, 2.24) is 10.2 Å². The lowest BCUT2D eigenvalue weighted by atomic mass is 9.68. The highest BCUT2D eigenvalue weighted by Crippen LogP contribution is 2.59. The number of piperidine rings is 1. The van der Waals surface area contributed by atoms with E-state index in [0.717, 1.165) is 25.0 Å². The van der Waals surface area contributed by atoms with Crippen LogP contribution in [0.3, 0.4) is 0 Å². The molecule has 1 saturated heterocycles. The van der Waals surface area contributed by atoms with Gasteiger partial charge in [0.05, 0.1) is 16.6 Å². The van der Waals surface area contributed by atoms with Gasteiger partial charge in [0, 0.05) is 49.6 Å². The fourth-order valence-electron chi connectivity index (χ4n) is 6.94. The van der Waals surface area contributed by atoms with Crippen molar-refractivity contribution in [2.75, 3.05) is 17.4 Å². The third kappa shape index (κ3) is 5.31. The first-order chi connectivity index (χ1) is 20.5. The Hall–Kier alpha value is -3.44. The molecule has 6 nitrogen and oxygen atoms in total. The Morgan fingerprint density at radius 1 is 0.977 bits per heavy atom. The molecule has 2 fully saturated rings. The van der Waals surface area contributed by atoms with E-state index in [1.807, 2.05) is 0 Å². The van der Waals surface area contributed by atoms with Crippen LogP contribution in [0.2, 0.25) is 0 Å². The SMILES string of the molecule is CC(=O)N1CCC2(CC1)c1cc(CNCc3ccccc3C(F)F)c(F)cc1N(S(=O)(=O)c1ccc(F)cc1)C2C1CC1. The molecule has 1 unspecified atom stereocenters. The number of alkyl halides is 2. The number of carbonyl (C=O) groups excluding carboxylic acids is 1. The second-order valence-corrected chi connectivity index (χ2v) is 13.6. The van der Waals surface area contributed by atoms with Gasteiger partial charge in [-0.3, -0.25) is 9.10 Å². The van der Waals surface area contributed by atoms with Crippen LogP contribution in [0, 0.1) is 17.6 Å². The molecule has 3 aliphatic rings. The molecule has 0 bridgehead atoms. The van der Waals surface area contributed by atoms with E-state index in [1.165, 1.54) is 35.5 Å². The molecule has 1 amide bonds. The smallest absolute Gasteiger partial charge is 0.264 e. The van der Waals surface area contributed by atoms with Gasteiger partial charge in [0.2, 0.25) is 5.91 Å². The van der Waals surface area contributed by atoms with Crippen molar-refractivity contribution >= 4 is 21.6 Å². The first-order valence-electron chi connectivity index (χ1n) is 14.5. The monoisotopic (exact) mass is 615 g/mol. The van der Waals surface area contributed by atoms with Crippen LogP contribution in [0.5, 0.6) is 0 Å². The maximum Gasteiger partial charge on any atom is 0.264 e. The van der Waals surface area contributed by atoms with Crippen molar-refractivity contribution < 1.29 is 30.8 Å². The van der Waals surface area contributed by atoms with Gasteiger partial charge >= 0.3 is 0 Å². The lowest BCUT2D eigenvalue weighted by Gasteiger charge is -2.45. The van der Waals surface area contributed by atoms with E-state index in [9.17, 15) is 26.4 Å². The highest BCUT2D eigenvalue weighted by atomic mass is 32.2. The molecule has 0 aromatic heterocycles. The summed E-state index contributed by atoms with van der Waals surface area (Å²) in [6.07, 6.45) is 0.0376. The molecular formula is C32H33F4N3O3S. The number of fused-ring (bicyclic) bond motifs is 2. The van der Waals surface area contributed by atoms with Gasteiger partial charge in [0.25, 0.3) is 16.4 Å². The molecule has 6 rings (SSSR count). The second kappa shape index (κ2) is 11.2. The van der Waals surface area contributed by atoms with Gasteiger partial charge in [-0.25, -0.2) is 26.0 Å². The van der Waals surface area contributed by atoms with E-state index in [-0.39, 0.29) is 41.1 Å². The van der Waals surface area contributed by atoms with Crippen LogP contribution >= 0.6 is 0 Å². The van der Waals surface area contributed by atoms with Crippen LogP contribution < -0.4 is 9.62 Å². The van der Waals surface area contributed by atoms with E-state index < -0.39 is 39.5 Å². The van der Waals surface area contributed by atoms with Crippen LogP contribution in [-0.2, 0) is 33.3 Å². The number of halogens is 4. The van der Waals surface area contributed by atoms with Crippen molar-refractivity contribution in [2.45, 2.75) is 68.5 Å². The number of hydrogen-bond donors (Lipinski definition) is 1. The number of nitrogens with one attached hydrogen (secondary N) is 1. The number of sulfonamides is 1. The predicted octanol–water partition coefficient (Wildman–Crippen LogP) is 6.06.